The van der Waals surface area contributed by atoms with E-state index in [2.05, 4.69) is 49.9 Å². The number of rotatable bonds is 5. The second kappa shape index (κ2) is 6.30. The Balaban J connectivity index is 2.48. The minimum absolute atomic E-state index is 0.0946. The Hall–Kier alpha value is -1.20. The third-order valence-corrected chi connectivity index (χ3v) is 3.83. The summed E-state index contributed by atoms with van der Waals surface area (Å²) in [4.78, 5) is 4.24. The van der Waals surface area contributed by atoms with Gasteiger partial charge < -0.3 is 5.32 Å². The molecule has 5 heteroatoms. The van der Waals surface area contributed by atoms with Crippen LogP contribution in [0.1, 0.15) is 36.2 Å². The Bertz CT molecular complexity index is 550. The quantitative estimate of drug-likeness (QED) is 0.919. The van der Waals surface area contributed by atoms with E-state index in [4.69, 9.17) is 0 Å². The molecule has 19 heavy (non-hydrogen) atoms. The maximum Gasteiger partial charge on any atom is 0.0774 e. The zero-order valence-corrected chi connectivity index (χ0v) is 13.1. The van der Waals surface area contributed by atoms with Crippen molar-refractivity contribution in [3.63, 3.8) is 0 Å². The summed E-state index contributed by atoms with van der Waals surface area (Å²) < 4.78 is 3.08. The summed E-state index contributed by atoms with van der Waals surface area (Å²) in [6, 6.07) is 2.13. The van der Waals surface area contributed by atoms with Crippen molar-refractivity contribution < 1.29 is 0 Å². The highest BCUT2D eigenvalue weighted by Gasteiger charge is 2.21. The predicted molar refractivity (Wildman–Crippen MR) is 80.1 cm³/mol. The van der Waals surface area contributed by atoms with Gasteiger partial charge in [0.2, 0.25) is 0 Å². The Morgan fingerprint density at radius 3 is 2.84 bits per heavy atom. The molecule has 102 valence electrons. The van der Waals surface area contributed by atoms with Crippen molar-refractivity contribution in [1.82, 2.24) is 20.1 Å². The third-order valence-electron chi connectivity index (χ3n) is 3.22. The van der Waals surface area contributed by atoms with Crippen LogP contribution in [-0.2, 0) is 6.54 Å². The summed E-state index contributed by atoms with van der Waals surface area (Å²) in [5.74, 6) is 0. The minimum atomic E-state index is 0.0946. The van der Waals surface area contributed by atoms with E-state index >= 15 is 0 Å². The molecule has 0 aliphatic carbocycles. The molecule has 0 saturated heterocycles. The number of aryl methyl sites for hydroxylation is 2. The van der Waals surface area contributed by atoms with E-state index < -0.39 is 0 Å². The molecule has 0 aliphatic heterocycles. The van der Waals surface area contributed by atoms with Crippen molar-refractivity contribution in [2.75, 3.05) is 7.05 Å². The maximum atomic E-state index is 4.44. The zero-order valence-electron chi connectivity index (χ0n) is 11.5. The first-order chi connectivity index (χ1) is 9.19. The molecule has 2 rings (SSSR count). The van der Waals surface area contributed by atoms with Crippen molar-refractivity contribution in [3.05, 3.63) is 46.0 Å². The maximum absolute atomic E-state index is 4.44. The van der Waals surface area contributed by atoms with Gasteiger partial charge in [0.15, 0.2) is 0 Å². The number of hydrogen-bond acceptors (Lipinski definition) is 3. The van der Waals surface area contributed by atoms with E-state index in [1.54, 1.807) is 0 Å². The largest absolute Gasteiger partial charge is 0.308 e. The molecule has 2 aromatic heterocycles. The average Bonchev–Trinajstić information content (AvgIpc) is 2.75. The number of nitrogens with one attached hydrogen (secondary N) is 1. The van der Waals surface area contributed by atoms with E-state index in [1.165, 1.54) is 11.1 Å². The Labute approximate surface area is 122 Å². The fourth-order valence-electron chi connectivity index (χ4n) is 2.27. The smallest absolute Gasteiger partial charge is 0.0774 e. The molecule has 0 aliphatic rings. The molecule has 2 heterocycles. The first kappa shape index (κ1) is 14.2. The van der Waals surface area contributed by atoms with Gasteiger partial charge in [-0.25, -0.2) is 0 Å². The van der Waals surface area contributed by atoms with Crippen molar-refractivity contribution in [1.29, 1.82) is 0 Å². The topological polar surface area (TPSA) is 42.7 Å². The second-order valence-corrected chi connectivity index (χ2v) is 5.41. The Morgan fingerprint density at radius 2 is 2.21 bits per heavy atom. The van der Waals surface area contributed by atoms with E-state index in [-0.39, 0.29) is 6.04 Å². The van der Waals surface area contributed by atoms with Crippen LogP contribution in [0.15, 0.2) is 29.1 Å². The van der Waals surface area contributed by atoms with Gasteiger partial charge in [-0.3, -0.25) is 9.67 Å². The van der Waals surface area contributed by atoms with Crippen LogP contribution in [0.5, 0.6) is 0 Å². The van der Waals surface area contributed by atoms with E-state index in [0.29, 0.717) is 0 Å². The van der Waals surface area contributed by atoms with Crippen LogP contribution in [0, 0.1) is 6.92 Å². The van der Waals surface area contributed by atoms with Gasteiger partial charge >= 0.3 is 0 Å². The lowest BCUT2D eigenvalue weighted by Gasteiger charge is -2.20. The molecule has 4 nitrogen and oxygen atoms in total. The SMILES string of the molecule is CCCn1ncc(Br)c1C(NC)c1cnccc1C. The number of aromatic nitrogens is 3. The Kier molecular flexibility index (Phi) is 4.71. The highest BCUT2D eigenvalue weighted by molar-refractivity contribution is 9.10. The number of nitrogens with zero attached hydrogens (tertiary/aromatic N) is 3. The number of pyridine rings is 1. The molecule has 1 N–H and O–H groups in total. The lowest BCUT2D eigenvalue weighted by molar-refractivity contribution is 0.532. The van der Waals surface area contributed by atoms with Gasteiger partial charge in [-0.2, -0.15) is 5.10 Å². The summed E-state index contributed by atoms with van der Waals surface area (Å²) in [5, 5.41) is 7.81. The van der Waals surface area contributed by atoms with E-state index in [0.717, 1.165) is 23.1 Å². The van der Waals surface area contributed by atoms with Gasteiger partial charge in [0.1, 0.15) is 0 Å². The zero-order chi connectivity index (χ0) is 13.8. The number of halogens is 1. The summed E-state index contributed by atoms with van der Waals surface area (Å²) in [5.41, 5.74) is 3.56. The minimum Gasteiger partial charge on any atom is -0.308 e. The van der Waals surface area contributed by atoms with Crippen molar-refractivity contribution >= 4 is 15.9 Å². The van der Waals surface area contributed by atoms with Crippen molar-refractivity contribution in [3.8, 4) is 0 Å². The molecular formula is C14H19BrN4. The monoisotopic (exact) mass is 322 g/mol. The van der Waals surface area contributed by atoms with Crippen molar-refractivity contribution in [2.45, 2.75) is 32.9 Å². The third kappa shape index (κ3) is 2.87. The number of hydrogen-bond donors (Lipinski definition) is 1. The standard InChI is InChI=1S/C14H19BrN4/c1-4-7-19-14(12(15)9-18-19)13(16-3)11-8-17-6-5-10(11)2/h5-6,8-9,13,16H,4,7H2,1-3H3. The summed E-state index contributed by atoms with van der Waals surface area (Å²) in [7, 11) is 1.97. The molecule has 0 spiro atoms. The van der Waals surface area contributed by atoms with Crippen LogP contribution >= 0.6 is 15.9 Å². The fraction of sp³-hybridized carbons (Fsp3) is 0.429. The van der Waals surface area contributed by atoms with Gasteiger partial charge in [0, 0.05) is 18.9 Å². The lowest BCUT2D eigenvalue weighted by atomic mass is 10.0. The van der Waals surface area contributed by atoms with Crippen LogP contribution in [-0.4, -0.2) is 21.8 Å². The summed E-state index contributed by atoms with van der Waals surface area (Å²) >= 11 is 3.61. The van der Waals surface area contributed by atoms with Gasteiger partial charge in [-0.1, -0.05) is 6.92 Å². The normalized spacial score (nSPS) is 12.6. The molecule has 0 bridgehead atoms. The molecule has 1 unspecified atom stereocenters. The van der Waals surface area contributed by atoms with Gasteiger partial charge in [-0.15, -0.1) is 0 Å². The van der Waals surface area contributed by atoms with Crippen LogP contribution in [0.25, 0.3) is 0 Å². The first-order valence-corrected chi connectivity index (χ1v) is 7.27. The fourth-order valence-corrected chi connectivity index (χ4v) is 2.79. The highest BCUT2D eigenvalue weighted by atomic mass is 79.9. The van der Waals surface area contributed by atoms with Gasteiger partial charge in [-0.05, 0) is 53.5 Å². The highest BCUT2D eigenvalue weighted by Crippen LogP contribution is 2.29. The molecule has 0 saturated carbocycles. The molecule has 2 aromatic rings. The van der Waals surface area contributed by atoms with Crippen LogP contribution in [0.4, 0.5) is 0 Å². The molecule has 0 aromatic carbocycles. The van der Waals surface area contributed by atoms with Crippen molar-refractivity contribution in [2.24, 2.45) is 0 Å². The molecule has 0 radical (unpaired) electrons. The van der Waals surface area contributed by atoms with Gasteiger partial charge in [0.25, 0.3) is 0 Å². The molecule has 0 fully saturated rings. The van der Waals surface area contributed by atoms with E-state index in [1.807, 2.05) is 31.7 Å². The van der Waals surface area contributed by atoms with Crippen LogP contribution in [0.2, 0.25) is 0 Å². The van der Waals surface area contributed by atoms with Crippen LogP contribution in [0.3, 0.4) is 0 Å². The Morgan fingerprint density at radius 1 is 1.42 bits per heavy atom. The average molecular weight is 323 g/mol. The summed E-state index contributed by atoms with van der Waals surface area (Å²) in [6.45, 7) is 5.18. The second-order valence-electron chi connectivity index (χ2n) is 4.55. The summed E-state index contributed by atoms with van der Waals surface area (Å²) in [6.07, 6.45) is 6.67. The predicted octanol–water partition coefficient (Wildman–Crippen LogP) is 3.07. The molecule has 0 amide bonds. The molecular weight excluding hydrogens is 304 g/mol. The van der Waals surface area contributed by atoms with E-state index in [9.17, 15) is 0 Å². The first-order valence-electron chi connectivity index (χ1n) is 6.48. The lowest BCUT2D eigenvalue weighted by Crippen LogP contribution is -2.23. The van der Waals surface area contributed by atoms with Crippen LogP contribution < -0.4 is 5.32 Å². The van der Waals surface area contributed by atoms with Gasteiger partial charge in [0.05, 0.1) is 22.4 Å². The molecule has 1 atom stereocenters.